The number of carbonyl (C=O) groups is 1. The van der Waals surface area contributed by atoms with Crippen molar-refractivity contribution >= 4 is 23.2 Å². The van der Waals surface area contributed by atoms with Crippen LogP contribution in [0.2, 0.25) is 0 Å². The lowest BCUT2D eigenvalue weighted by Gasteiger charge is -2.02. The van der Waals surface area contributed by atoms with Gasteiger partial charge in [-0.1, -0.05) is 18.2 Å². The van der Waals surface area contributed by atoms with E-state index in [-0.39, 0.29) is 17.4 Å². The van der Waals surface area contributed by atoms with E-state index in [1.165, 1.54) is 18.2 Å². The zero-order chi connectivity index (χ0) is 13.4. The molecule has 0 atom stereocenters. The van der Waals surface area contributed by atoms with Crippen LogP contribution in [-0.2, 0) is 4.79 Å². The molecule has 0 aromatic heterocycles. The average molecular weight is 253 g/mol. The van der Waals surface area contributed by atoms with E-state index in [1.54, 1.807) is 6.08 Å². The number of hydrogen-bond acceptors (Lipinski definition) is 3. The van der Waals surface area contributed by atoms with Gasteiger partial charge in [-0.2, -0.15) is 0 Å². The average Bonchev–Trinajstić information content (AvgIpc) is 2.71. The Bertz CT molecular complexity index is 704. The number of phenols is 2. The quantitative estimate of drug-likeness (QED) is 0.540. The summed E-state index contributed by atoms with van der Waals surface area (Å²) in [5, 5.41) is 21.9. The first-order chi connectivity index (χ1) is 9.15. The Morgan fingerprint density at radius 2 is 1.84 bits per heavy atom. The van der Waals surface area contributed by atoms with Crippen molar-refractivity contribution in [1.29, 1.82) is 0 Å². The van der Waals surface area contributed by atoms with Crippen LogP contribution in [0, 0.1) is 0 Å². The van der Waals surface area contributed by atoms with Gasteiger partial charge in [0.05, 0.1) is 0 Å². The van der Waals surface area contributed by atoms with Crippen molar-refractivity contribution in [3.8, 4) is 11.5 Å². The van der Waals surface area contributed by atoms with E-state index in [1.807, 2.05) is 24.3 Å². The fourth-order valence-corrected chi connectivity index (χ4v) is 2.10. The molecule has 0 radical (unpaired) electrons. The van der Waals surface area contributed by atoms with Crippen LogP contribution in [0.3, 0.4) is 0 Å². The van der Waals surface area contributed by atoms with Crippen LogP contribution in [0.5, 0.6) is 11.5 Å². The summed E-state index contributed by atoms with van der Waals surface area (Å²) in [7, 11) is 0. The standard InChI is InChI=1S/C15H11NO3/c17-10-5-6-14(18)9(7-10)8-12-11-3-1-2-4-13(11)16-15(12)19/h1-8,17-18H,(H,16,19)/b12-8-. The molecule has 4 nitrogen and oxygen atoms in total. The van der Waals surface area contributed by atoms with Gasteiger partial charge in [0.25, 0.3) is 5.91 Å². The molecule has 0 unspecified atom stereocenters. The monoisotopic (exact) mass is 253 g/mol. The molecule has 2 aromatic carbocycles. The normalized spacial score (nSPS) is 15.4. The first-order valence-electron chi connectivity index (χ1n) is 5.79. The maximum Gasteiger partial charge on any atom is 0.256 e. The van der Waals surface area contributed by atoms with E-state index < -0.39 is 0 Å². The first-order valence-corrected chi connectivity index (χ1v) is 5.79. The molecule has 2 aromatic rings. The molecule has 0 saturated heterocycles. The number of nitrogens with one attached hydrogen (secondary N) is 1. The summed E-state index contributed by atoms with van der Waals surface area (Å²) in [6.45, 7) is 0. The van der Waals surface area contributed by atoms with E-state index >= 15 is 0 Å². The molecule has 1 aliphatic rings. The number of amides is 1. The summed E-state index contributed by atoms with van der Waals surface area (Å²) in [6.07, 6.45) is 1.57. The van der Waals surface area contributed by atoms with Crippen LogP contribution < -0.4 is 5.32 Å². The fourth-order valence-electron chi connectivity index (χ4n) is 2.10. The van der Waals surface area contributed by atoms with Crippen LogP contribution in [0.25, 0.3) is 11.6 Å². The minimum Gasteiger partial charge on any atom is -0.508 e. The van der Waals surface area contributed by atoms with Crippen LogP contribution in [0.4, 0.5) is 5.69 Å². The molecular weight excluding hydrogens is 242 g/mol. The molecule has 94 valence electrons. The third-order valence-corrected chi connectivity index (χ3v) is 3.02. The number of anilines is 1. The molecule has 0 aliphatic carbocycles. The SMILES string of the molecule is O=C1Nc2ccccc2/C1=C/c1cc(O)ccc1O. The lowest BCUT2D eigenvalue weighted by atomic mass is 10.0. The van der Waals surface area contributed by atoms with E-state index in [9.17, 15) is 15.0 Å². The summed E-state index contributed by atoms with van der Waals surface area (Å²) in [4.78, 5) is 11.9. The molecule has 3 N–H and O–H groups in total. The highest BCUT2D eigenvalue weighted by Gasteiger charge is 2.23. The van der Waals surface area contributed by atoms with Crippen LogP contribution in [0.15, 0.2) is 42.5 Å². The van der Waals surface area contributed by atoms with E-state index in [2.05, 4.69) is 5.32 Å². The Morgan fingerprint density at radius 1 is 1.05 bits per heavy atom. The molecule has 1 heterocycles. The van der Waals surface area contributed by atoms with E-state index in [4.69, 9.17) is 0 Å². The molecule has 1 aliphatic heterocycles. The molecule has 3 rings (SSSR count). The molecule has 0 saturated carbocycles. The number of phenolic OH excluding ortho intramolecular Hbond substituents is 2. The number of carbonyl (C=O) groups excluding carboxylic acids is 1. The first kappa shape index (κ1) is 11.3. The summed E-state index contributed by atoms with van der Waals surface area (Å²) >= 11 is 0. The number of aromatic hydroxyl groups is 2. The van der Waals surface area contributed by atoms with Gasteiger partial charge >= 0.3 is 0 Å². The second kappa shape index (κ2) is 4.17. The molecule has 19 heavy (non-hydrogen) atoms. The summed E-state index contributed by atoms with van der Waals surface area (Å²) in [6, 6.07) is 11.5. The molecule has 0 fully saturated rings. The van der Waals surface area contributed by atoms with Gasteiger partial charge in [0.1, 0.15) is 11.5 Å². The van der Waals surface area contributed by atoms with Gasteiger partial charge in [0.2, 0.25) is 0 Å². The Hall–Kier alpha value is -2.75. The number of benzene rings is 2. The fraction of sp³-hybridized carbons (Fsp3) is 0. The van der Waals surface area contributed by atoms with Crippen LogP contribution >= 0.6 is 0 Å². The number of rotatable bonds is 1. The highest BCUT2D eigenvalue weighted by Crippen LogP contribution is 2.34. The van der Waals surface area contributed by atoms with Crippen molar-refractivity contribution in [3.63, 3.8) is 0 Å². The van der Waals surface area contributed by atoms with Crippen molar-refractivity contribution in [1.82, 2.24) is 0 Å². The molecule has 4 heteroatoms. The lowest BCUT2D eigenvalue weighted by Crippen LogP contribution is -2.03. The van der Waals surface area contributed by atoms with Gasteiger partial charge in [-0.25, -0.2) is 0 Å². The van der Waals surface area contributed by atoms with Crippen molar-refractivity contribution in [2.24, 2.45) is 0 Å². The second-order valence-corrected chi connectivity index (χ2v) is 4.30. The van der Waals surface area contributed by atoms with Gasteiger partial charge in [-0.05, 0) is 30.3 Å². The number of fused-ring (bicyclic) bond motifs is 1. The minimum absolute atomic E-state index is 0.0162. The summed E-state index contributed by atoms with van der Waals surface area (Å²) in [5.74, 6) is -0.164. The predicted octanol–water partition coefficient (Wildman–Crippen LogP) is 2.59. The van der Waals surface area contributed by atoms with Crippen molar-refractivity contribution in [2.45, 2.75) is 0 Å². The van der Waals surface area contributed by atoms with E-state index in [0.29, 0.717) is 11.1 Å². The lowest BCUT2D eigenvalue weighted by molar-refractivity contribution is -0.110. The molecular formula is C15H11NO3. The maximum atomic E-state index is 11.9. The Labute approximate surface area is 109 Å². The topological polar surface area (TPSA) is 69.6 Å². The Balaban J connectivity index is 2.14. The smallest absolute Gasteiger partial charge is 0.256 e. The molecule has 1 amide bonds. The van der Waals surface area contributed by atoms with Gasteiger partial charge in [0.15, 0.2) is 0 Å². The third kappa shape index (κ3) is 1.93. The van der Waals surface area contributed by atoms with Crippen LogP contribution in [0.1, 0.15) is 11.1 Å². The minimum atomic E-state index is -0.219. The van der Waals surface area contributed by atoms with Crippen LogP contribution in [-0.4, -0.2) is 16.1 Å². The number of para-hydroxylation sites is 1. The zero-order valence-corrected chi connectivity index (χ0v) is 9.92. The van der Waals surface area contributed by atoms with Crippen molar-refractivity contribution in [3.05, 3.63) is 53.6 Å². The Kier molecular flexibility index (Phi) is 2.49. The van der Waals surface area contributed by atoms with Crippen molar-refractivity contribution < 1.29 is 15.0 Å². The van der Waals surface area contributed by atoms with Gasteiger partial charge in [-0.3, -0.25) is 4.79 Å². The maximum absolute atomic E-state index is 11.9. The highest BCUT2D eigenvalue weighted by molar-refractivity contribution is 6.35. The van der Waals surface area contributed by atoms with Gasteiger partial charge in [0, 0.05) is 22.4 Å². The van der Waals surface area contributed by atoms with E-state index in [0.717, 1.165) is 11.3 Å². The largest absolute Gasteiger partial charge is 0.508 e. The highest BCUT2D eigenvalue weighted by atomic mass is 16.3. The third-order valence-electron chi connectivity index (χ3n) is 3.02. The van der Waals surface area contributed by atoms with Crippen molar-refractivity contribution in [2.75, 3.05) is 5.32 Å². The Morgan fingerprint density at radius 3 is 2.68 bits per heavy atom. The van der Waals surface area contributed by atoms with Gasteiger partial charge in [-0.15, -0.1) is 0 Å². The molecule has 0 bridgehead atoms. The van der Waals surface area contributed by atoms with Gasteiger partial charge < -0.3 is 15.5 Å². The number of hydrogen-bond donors (Lipinski definition) is 3. The summed E-state index contributed by atoms with van der Waals surface area (Å²) < 4.78 is 0. The molecule has 0 spiro atoms. The zero-order valence-electron chi connectivity index (χ0n) is 9.92. The summed E-state index contributed by atoms with van der Waals surface area (Å²) in [5.41, 5.74) is 2.41. The second-order valence-electron chi connectivity index (χ2n) is 4.30. The predicted molar refractivity (Wildman–Crippen MR) is 72.7 cm³/mol.